The third-order valence-corrected chi connectivity index (χ3v) is 5.58. The minimum absolute atomic E-state index is 0.119. The van der Waals surface area contributed by atoms with Gasteiger partial charge in [0, 0.05) is 38.8 Å². The van der Waals surface area contributed by atoms with E-state index in [0.29, 0.717) is 11.6 Å². The van der Waals surface area contributed by atoms with E-state index in [1.807, 2.05) is 29.2 Å². The summed E-state index contributed by atoms with van der Waals surface area (Å²) in [6.45, 7) is 4.25. The summed E-state index contributed by atoms with van der Waals surface area (Å²) in [6, 6.07) is 10.4. The van der Waals surface area contributed by atoms with Crippen molar-refractivity contribution in [2.45, 2.75) is 57.5 Å². The van der Waals surface area contributed by atoms with Gasteiger partial charge in [0.05, 0.1) is 11.6 Å². The van der Waals surface area contributed by atoms with E-state index in [0.717, 1.165) is 45.6 Å². The molecular formula is C21H30N4O. The van der Waals surface area contributed by atoms with Crippen LogP contribution < -0.4 is 5.32 Å². The molecule has 2 amide bonds. The van der Waals surface area contributed by atoms with Crippen LogP contribution in [0, 0.1) is 11.3 Å². The lowest BCUT2D eigenvalue weighted by Crippen LogP contribution is -2.53. The summed E-state index contributed by atoms with van der Waals surface area (Å²) < 4.78 is 0. The van der Waals surface area contributed by atoms with Gasteiger partial charge >= 0.3 is 6.03 Å². The Morgan fingerprint density at radius 1 is 1.00 bits per heavy atom. The van der Waals surface area contributed by atoms with Crippen LogP contribution in [0.25, 0.3) is 0 Å². The molecule has 1 saturated carbocycles. The molecule has 1 heterocycles. The maximum Gasteiger partial charge on any atom is 0.317 e. The number of piperazine rings is 1. The third kappa shape index (κ3) is 5.47. The summed E-state index contributed by atoms with van der Waals surface area (Å²) in [5.41, 5.74) is 1.92. The molecule has 2 aliphatic rings. The normalized spacial score (nSPS) is 20.0. The fourth-order valence-electron chi connectivity index (χ4n) is 3.92. The van der Waals surface area contributed by atoms with Crippen LogP contribution >= 0.6 is 0 Å². The van der Waals surface area contributed by atoms with Crippen molar-refractivity contribution in [3.63, 3.8) is 0 Å². The molecule has 1 N–H and O–H groups in total. The first-order chi connectivity index (χ1) is 12.7. The molecule has 0 spiro atoms. The number of benzene rings is 1. The van der Waals surface area contributed by atoms with Crippen molar-refractivity contribution < 1.29 is 4.79 Å². The average Bonchev–Trinajstić information content (AvgIpc) is 2.65. The van der Waals surface area contributed by atoms with E-state index in [2.05, 4.69) is 16.3 Å². The second-order valence-corrected chi connectivity index (χ2v) is 7.56. The smallest absolute Gasteiger partial charge is 0.317 e. The second-order valence-electron chi connectivity index (χ2n) is 7.56. The van der Waals surface area contributed by atoms with Crippen LogP contribution in [0.15, 0.2) is 24.3 Å². The maximum atomic E-state index is 12.6. The van der Waals surface area contributed by atoms with Gasteiger partial charge in [0.2, 0.25) is 0 Å². The Morgan fingerprint density at radius 2 is 1.62 bits per heavy atom. The van der Waals surface area contributed by atoms with E-state index in [1.54, 1.807) is 0 Å². The topological polar surface area (TPSA) is 59.4 Å². The maximum absolute atomic E-state index is 12.6. The molecule has 5 nitrogen and oxygen atoms in total. The molecule has 1 aliphatic heterocycles. The Hall–Kier alpha value is -2.06. The molecule has 1 saturated heterocycles. The number of nitrogens with one attached hydrogen (secondary N) is 1. The molecule has 0 atom stereocenters. The zero-order valence-electron chi connectivity index (χ0n) is 15.6. The molecule has 0 bridgehead atoms. The van der Waals surface area contributed by atoms with Crippen LogP contribution in [0.3, 0.4) is 0 Å². The molecule has 1 aromatic rings. The van der Waals surface area contributed by atoms with Gasteiger partial charge in [-0.25, -0.2) is 4.79 Å². The van der Waals surface area contributed by atoms with Crippen molar-refractivity contribution in [1.29, 1.82) is 5.26 Å². The Balaban J connectivity index is 1.42. The van der Waals surface area contributed by atoms with Gasteiger partial charge in [-0.1, -0.05) is 44.2 Å². The number of carbonyl (C=O) groups excluding carboxylic acids is 1. The van der Waals surface area contributed by atoms with Gasteiger partial charge in [0.15, 0.2) is 0 Å². The fraction of sp³-hybridized carbons (Fsp3) is 0.619. The predicted octanol–water partition coefficient (Wildman–Crippen LogP) is 3.50. The van der Waals surface area contributed by atoms with Gasteiger partial charge in [-0.3, -0.25) is 4.90 Å². The highest BCUT2D eigenvalue weighted by atomic mass is 16.2. The number of carbonyl (C=O) groups is 1. The molecular weight excluding hydrogens is 324 g/mol. The first-order valence-electron chi connectivity index (χ1n) is 10.0. The highest BCUT2D eigenvalue weighted by Crippen LogP contribution is 2.17. The standard InChI is InChI=1S/C21H30N4O/c22-16-18-8-10-19(11-9-18)17-24-12-14-25(15-13-24)21(26)23-20-6-4-2-1-3-5-7-20/h8-11,20H,1-7,12-15,17H2,(H,23,26). The summed E-state index contributed by atoms with van der Waals surface area (Å²) in [5.74, 6) is 0. The molecule has 140 valence electrons. The number of nitrogens with zero attached hydrogens (tertiary/aromatic N) is 3. The summed E-state index contributed by atoms with van der Waals surface area (Å²) in [4.78, 5) is 16.9. The van der Waals surface area contributed by atoms with E-state index >= 15 is 0 Å². The molecule has 0 radical (unpaired) electrons. The highest BCUT2D eigenvalue weighted by Gasteiger charge is 2.23. The number of hydrogen-bond acceptors (Lipinski definition) is 3. The number of hydrogen-bond donors (Lipinski definition) is 1. The first kappa shape index (κ1) is 18.7. The van der Waals surface area contributed by atoms with Gasteiger partial charge in [-0.05, 0) is 30.5 Å². The summed E-state index contributed by atoms with van der Waals surface area (Å²) in [6.07, 6.45) is 8.70. The fourth-order valence-corrected chi connectivity index (χ4v) is 3.92. The molecule has 0 aromatic heterocycles. The Kier molecular flexibility index (Phi) is 6.90. The zero-order chi connectivity index (χ0) is 18.2. The SMILES string of the molecule is N#Cc1ccc(CN2CCN(C(=O)NC3CCCCCCC3)CC2)cc1. The monoisotopic (exact) mass is 354 g/mol. The zero-order valence-corrected chi connectivity index (χ0v) is 15.6. The van der Waals surface area contributed by atoms with Gasteiger partial charge in [-0.15, -0.1) is 0 Å². The Bertz CT molecular complexity index is 606. The summed E-state index contributed by atoms with van der Waals surface area (Å²) in [5, 5.41) is 12.1. The Labute approximate surface area is 157 Å². The Morgan fingerprint density at radius 3 is 2.23 bits per heavy atom. The van der Waals surface area contributed by atoms with Crippen molar-refractivity contribution in [3.8, 4) is 6.07 Å². The van der Waals surface area contributed by atoms with Crippen molar-refractivity contribution in [1.82, 2.24) is 15.1 Å². The molecule has 1 aromatic carbocycles. The van der Waals surface area contributed by atoms with Crippen LogP contribution in [-0.4, -0.2) is 48.1 Å². The van der Waals surface area contributed by atoms with Gasteiger partial charge < -0.3 is 10.2 Å². The van der Waals surface area contributed by atoms with Crippen LogP contribution in [0.1, 0.15) is 56.1 Å². The van der Waals surface area contributed by atoms with Crippen LogP contribution in [0.4, 0.5) is 4.79 Å². The second kappa shape index (κ2) is 9.59. The number of urea groups is 1. The lowest BCUT2D eigenvalue weighted by atomic mass is 9.97. The van der Waals surface area contributed by atoms with Crippen molar-refractivity contribution in [2.75, 3.05) is 26.2 Å². The van der Waals surface area contributed by atoms with E-state index in [-0.39, 0.29) is 6.03 Å². The number of rotatable bonds is 3. The molecule has 2 fully saturated rings. The van der Waals surface area contributed by atoms with Crippen molar-refractivity contribution in [2.24, 2.45) is 0 Å². The minimum Gasteiger partial charge on any atom is -0.335 e. The van der Waals surface area contributed by atoms with Gasteiger partial charge in [0.25, 0.3) is 0 Å². The quantitative estimate of drug-likeness (QED) is 0.904. The molecule has 5 heteroatoms. The van der Waals surface area contributed by atoms with Crippen molar-refractivity contribution in [3.05, 3.63) is 35.4 Å². The van der Waals surface area contributed by atoms with Crippen LogP contribution in [-0.2, 0) is 6.54 Å². The summed E-state index contributed by atoms with van der Waals surface area (Å²) >= 11 is 0. The predicted molar refractivity (Wildman–Crippen MR) is 103 cm³/mol. The molecule has 3 rings (SSSR count). The van der Waals surface area contributed by atoms with Gasteiger partial charge in [-0.2, -0.15) is 5.26 Å². The van der Waals surface area contributed by atoms with Gasteiger partial charge in [0.1, 0.15) is 0 Å². The lowest BCUT2D eigenvalue weighted by Gasteiger charge is -2.35. The first-order valence-corrected chi connectivity index (χ1v) is 10.0. The van der Waals surface area contributed by atoms with Crippen LogP contribution in [0.2, 0.25) is 0 Å². The van der Waals surface area contributed by atoms with E-state index < -0.39 is 0 Å². The lowest BCUT2D eigenvalue weighted by molar-refractivity contribution is 0.132. The molecule has 1 aliphatic carbocycles. The van der Waals surface area contributed by atoms with E-state index in [9.17, 15) is 4.79 Å². The highest BCUT2D eigenvalue weighted by molar-refractivity contribution is 5.74. The van der Waals surface area contributed by atoms with Crippen LogP contribution in [0.5, 0.6) is 0 Å². The van der Waals surface area contributed by atoms with Crippen molar-refractivity contribution >= 4 is 6.03 Å². The number of nitriles is 1. The summed E-state index contributed by atoms with van der Waals surface area (Å²) in [7, 11) is 0. The molecule has 26 heavy (non-hydrogen) atoms. The van der Waals surface area contributed by atoms with E-state index in [4.69, 9.17) is 5.26 Å². The largest absolute Gasteiger partial charge is 0.335 e. The third-order valence-electron chi connectivity index (χ3n) is 5.58. The average molecular weight is 354 g/mol. The minimum atomic E-state index is 0.119. The van der Waals surface area contributed by atoms with E-state index in [1.165, 1.54) is 37.7 Å². The number of amides is 2. The molecule has 0 unspecified atom stereocenters.